The van der Waals surface area contributed by atoms with Crippen LogP contribution in [0.4, 0.5) is 8.78 Å². The molecule has 94 valence electrons. The number of benzene rings is 1. The van der Waals surface area contributed by atoms with Crippen molar-refractivity contribution in [3.63, 3.8) is 0 Å². The lowest BCUT2D eigenvalue weighted by Crippen LogP contribution is -2.31. The van der Waals surface area contributed by atoms with Gasteiger partial charge in [-0.15, -0.1) is 0 Å². The predicted octanol–water partition coefficient (Wildman–Crippen LogP) is 2.54. The van der Waals surface area contributed by atoms with Gasteiger partial charge in [0, 0.05) is 6.42 Å². The van der Waals surface area contributed by atoms with Crippen molar-refractivity contribution < 1.29 is 13.5 Å². The minimum absolute atomic E-state index is 0.0370. The molecule has 1 aromatic carbocycles. The molecule has 2 unspecified atom stereocenters. The molecule has 0 spiro atoms. The molecule has 1 aromatic rings. The second-order valence-electron chi connectivity index (χ2n) is 4.20. The van der Waals surface area contributed by atoms with Gasteiger partial charge in [0.2, 0.25) is 0 Å². The minimum atomic E-state index is -2.40. The minimum Gasteiger partial charge on any atom is -0.370 e. The summed E-state index contributed by atoms with van der Waals surface area (Å²) in [5, 5.41) is 3.30. The first-order chi connectivity index (χ1) is 8.22. The third-order valence-corrected chi connectivity index (χ3v) is 3.04. The molecule has 4 heteroatoms. The van der Waals surface area contributed by atoms with Crippen LogP contribution in [0, 0.1) is 0 Å². The molecule has 2 atom stereocenters. The fraction of sp³-hybridized carbons (Fsp3) is 0.538. The maximum atomic E-state index is 12.2. The third kappa shape index (κ3) is 2.82. The van der Waals surface area contributed by atoms with E-state index in [2.05, 4.69) is 5.32 Å². The molecule has 2 rings (SSSR count). The Morgan fingerprint density at radius 1 is 1.41 bits per heavy atom. The van der Waals surface area contributed by atoms with Gasteiger partial charge >= 0.3 is 0 Å². The summed E-state index contributed by atoms with van der Waals surface area (Å²) >= 11 is 0. The number of hydrogen-bond donors (Lipinski definition) is 1. The van der Waals surface area contributed by atoms with E-state index >= 15 is 0 Å². The lowest BCUT2D eigenvalue weighted by atomic mass is 10.1. The molecule has 0 saturated carbocycles. The zero-order chi connectivity index (χ0) is 12.3. The van der Waals surface area contributed by atoms with Crippen LogP contribution >= 0.6 is 0 Å². The van der Waals surface area contributed by atoms with Gasteiger partial charge in [-0.05, 0) is 17.7 Å². The second-order valence-corrected chi connectivity index (χ2v) is 4.20. The van der Waals surface area contributed by atoms with E-state index in [4.69, 9.17) is 4.74 Å². The average molecular weight is 241 g/mol. The van der Waals surface area contributed by atoms with Crippen LogP contribution in [0.25, 0.3) is 0 Å². The van der Waals surface area contributed by atoms with Crippen molar-refractivity contribution in [3.05, 3.63) is 35.4 Å². The number of hydrogen-bond acceptors (Lipinski definition) is 2. The van der Waals surface area contributed by atoms with Gasteiger partial charge in [-0.2, -0.15) is 0 Å². The molecule has 1 N–H and O–H groups in total. The van der Waals surface area contributed by atoms with Gasteiger partial charge in [0.25, 0.3) is 6.43 Å². The first kappa shape index (κ1) is 12.5. The van der Waals surface area contributed by atoms with Crippen molar-refractivity contribution in [1.29, 1.82) is 0 Å². The zero-order valence-corrected chi connectivity index (χ0v) is 9.83. The number of fused-ring (bicyclic) bond motifs is 1. The highest BCUT2D eigenvalue weighted by molar-refractivity contribution is 5.36. The molecule has 0 saturated heterocycles. The van der Waals surface area contributed by atoms with E-state index < -0.39 is 13.0 Å². The quantitative estimate of drug-likeness (QED) is 0.855. The van der Waals surface area contributed by atoms with Crippen molar-refractivity contribution in [2.75, 3.05) is 13.2 Å². The number of nitrogens with one attached hydrogen (secondary N) is 1. The van der Waals surface area contributed by atoms with Crippen molar-refractivity contribution in [2.24, 2.45) is 0 Å². The maximum absolute atomic E-state index is 12.2. The summed E-state index contributed by atoms with van der Waals surface area (Å²) in [6.45, 7) is 2.32. The van der Waals surface area contributed by atoms with Crippen LogP contribution in [0.5, 0.6) is 0 Å². The highest BCUT2D eigenvalue weighted by Crippen LogP contribution is 2.33. The Labute approximate surface area is 100.0 Å². The van der Waals surface area contributed by atoms with E-state index in [1.54, 1.807) is 0 Å². The van der Waals surface area contributed by atoms with Crippen LogP contribution in [0.2, 0.25) is 0 Å². The number of alkyl halides is 2. The van der Waals surface area contributed by atoms with E-state index in [1.165, 1.54) is 11.1 Å². The number of rotatable bonds is 5. The Bertz CT molecular complexity index is 370. The summed E-state index contributed by atoms with van der Waals surface area (Å²) in [5.74, 6) is 0. The largest absolute Gasteiger partial charge is 0.370 e. The van der Waals surface area contributed by atoms with Crippen molar-refractivity contribution >= 4 is 0 Å². The number of halogens is 2. The van der Waals surface area contributed by atoms with Gasteiger partial charge in [0.15, 0.2) is 0 Å². The van der Waals surface area contributed by atoms with Crippen LogP contribution in [-0.4, -0.2) is 25.7 Å². The fourth-order valence-electron chi connectivity index (χ4n) is 2.37. The first-order valence-electron chi connectivity index (χ1n) is 5.93. The molecule has 0 heterocycles. The highest BCUT2D eigenvalue weighted by Gasteiger charge is 2.32. The zero-order valence-electron chi connectivity index (χ0n) is 9.83. The molecule has 17 heavy (non-hydrogen) atoms. The lowest BCUT2D eigenvalue weighted by Gasteiger charge is -2.21. The van der Waals surface area contributed by atoms with Crippen molar-refractivity contribution in [2.45, 2.75) is 31.9 Å². The Balaban J connectivity index is 2.09. The molecular formula is C13H17F2NO. The Hall–Kier alpha value is -1.00. The molecule has 1 aliphatic carbocycles. The Morgan fingerprint density at radius 2 is 2.18 bits per heavy atom. The second kappa shape index (κ2) is 5.56. The average Bonchev–Trinajstić information content (AvgIpc) is 2.66. The maximum Gasteiger partial charge on any atom is 0.261 e. The van der Waals surface area contributed by atoms with Gasteiger partial charge in [-0.3, -0.25) is 0 Å². The fourth-order valence-corrected chi connectivity index (χ4v) is 2.37. The van der Waals surface area contributed by atoms with Crippen molar-refractivity contribution in [1.82, 2.24) is 5.32 Å². The first-order valence-corrected chi connectivity index (χ1v) is 5.93. The van der Waals surface area contributed by atoms with E-state index in [9.17, 15) is 8.78 Å². The van der Waals surface area contributed by atoms with E-state index in [0.717, 1.165) is 6.54 Å². The van der Waals surface area contributed by atoms with Crippen LogP contribution in [0.15, 0.2) is 24.3 Å². The van der Waals surface area contributed by atoms with Gasteiger partial charge in [0.05, 0.1) is 12.1 Å². The summed E-state index contributed by atoms with van der Waals surface area (Å²) in [6.07, 6.45) is -1.87. The molecule has 0 aromatic heterocycles. The van der Waals surface area contributed by atoms with Crippen molar-refractivity contribution in [3.8, 4) is 0 Å². The normalized spacial score (nSPS) is 23.1. The summed E-state index contributed by atoms with van der Waals surface area (Å²) in [7, 11) is 0. The topological polar surface area (TPSA) is 21.3 Å². The Kier molecular flexibility index (Phi) is 4.07. The van der Waals surface area contributed by atoms with E-state index in [-0.39, 0.29) is 12.1 Å². The van der Waals surface area contributed by atoms with Crippen LogP contribution < -0.4 is 5.32 Å². The molecule has 0 amide bonds. The molecule has 0 radical (unpaired) electrons. The van der Waals surface area contributed by atoms with E-state index in [0.29, 0.717) is 6.42 Å². The van der Waals surface area contributed by atoms with E-state index in [1.807, 2.05) is 31.2 Å². The molecule has 0 bridgehead atoms. The smallest absolute Gasteiger partial charge is 0.261 e. The van der Waals surface area contributed by atoms with Crippen LogP contribution in [0.1, 0.15) is 24.1 Å². The monoisotopic (exact) mass is 241 g/mol. The van der Waals surface area contributed by atoms with Gasteiger partial charge < -0.3 is 10.1 Å². The highest BCUT2D eigenvalue weighted by atomic mass is 19.3. The standard InChI is InChI=1S/C13H17F2NO/c1-2-16-13-10-6-4-3-5-9(10)7-11(13)17-8-12(14)15/h3-6,11-13,16H,2,7-8H2,1H3. The Morgan fingerprint density at radius 3 is 2.88 bits per heavy atom. The van der Waals surface area contributed by atoms with Crippen LogP contribution in [-0.2, 0) is 11.2 Å². The van der Waals surface area contributed by atoms with Gasteiger partial charge in [-0.25, -0.2) is 8.78 Å². The molecule has 0 aliphatic heterocycles. The summed E-state index contributed by atoms with van der Waals surface area (Å²) < 4.78 is 29.7. The predicted molar refractivity (Wildman–Crippen MR) is 62.3 cm³/mol. The molecule has 1 aliphatic rings. The van der Waals surface area contributed by atoms with Crippen LogP contribution in [0.3, 0.4) is 0 Å². The SMILES string of the molecule is CCNC1c2ccccc2CC1OCC(F)F. The van der Waals surface area contributed by atoms with Gasteiger partial charge in [0.1, 0.15) is 6.61 Å². The molecule has 2 nitrogen and oxygen atoms in total. The lowest BCUT2D eigenvalue weighted by molar-refractivity contribution is -0.0331. The third-order valence-electron chi connectivity index (χ3n) is 3.04. The summed E-state index contributed by atoms with van der Waals surface area (Å²) in [4.78, 5) is 0. The van der Waals surface area contributed by atoms with Gasteiger partial charge in [-0.1, -0.05) is 31.2 Å². The number of ether oxygens (including phenoxy) is 1. The number of likely N-dealkylation sites (N-methyl/N-ethyl adjacent to an activating group) is 1. The molecular weight excluding hydrogens is 224 g/mol. The summed E-state index contributed by atoms with van der Waals surface area (Å²) in [6, 6.07) is 8.05. The summed E-state index contributed by atoms with van der Waals surface area (Å²) in [5.41, 5.74) is 2.37. The molecule has 0 fully saturated rings.